The number of hydrogen-bond acceptors (Lipinski definition) is 6. The first-order valence-electron chi connectivity index (χ1n) is 8.60. The fourth-order valence-electron chi connectivity index (χ4n) is 3.36. The molecule has 3 rings (SSSR count). The first-order chi connectivity index (χ1) is 12.4. The number of hydrogen-bond donors (Lipinski definition) is 2. The smallest absolute Gasteiger partial charge is 0.270 e. The predicted octanol–water partition coefficient (Wildman–Crippen LogP) is 2.82. The molecule has 1 aliphatic rings. The number of anilines is 1. The summed E-state index contributed by atoms with van der Waals surface area (Å²) in [7, 11) is 0. The van der Waals surface area contributed by atoms with Crippen molar-refractivity contribution in [3.63, 3.8) is 0 Å². The summed E-state index contributed by atoms with van der Waals surface area (Å²) >= 11 is 0. The van der Waals surface area contributed by atoms with Gasteiger partial charge in [0.05, 0.1) is 10.8 Å². The fourth-order valence-corrected chi connectivity index (χ4v) is 3.36. The predicted molar refractivity (Wildman–Crippen MR) is 97.4 cm³/mol. The van der Waals surface area contributed by atoms with E-state index in [4.69, 9.17) is 5.73 Å². The van der Waals surface area contributed by atoms with Gasteiger partial charge < -0.3 is 11.1 Å². The highest BCUT2D eigenvalue weighted by molar-refractivity contribution is 5.78. The molecule has 0 spiro atoms. The Bertz CT molecular complexity index is 839. The number of nitrogens with one attached hydrogen (secondary N) is 1. The average Bonchev–Trinajstić information content (AvgIpc) is 2.61. The molecule has 1 saturated carbocycles. The molecule has 3 N–H and O–H groups in total. The number of nitrogens with zero attached hydrogens (tertiary/aromatic N) is 3. The van der Waals surface area contributed by atoms with Crippen molar-refractivity contribution < 1.29 is 9.72 Å². The molecule has 0 aliphatic heterocycles. The first kappa shape index (κ1) is 17.8. The Morgan fingerprint density at radius 1 is 1.27 bits per heavy atom. The molecular weight excluding hydrogens is 334 g/mol. The van der Waals surface area contributed by atoms with Crippen molar-refractivity contribution in [3.05, 3.63) is 46.1 Å². The summed E-state index contributed by atoms with van der Waals surface area (Å²) in [5.41, 5.74) is 6.82. The normalized spacial score (nSPS) is 19.7. The van der Waals surface area contributed by atoms with Crippen LogP contribution >= 0.6 is 0 Å². The minimum atomic E-state index is -0.446. The van der Waals surface area contributed by atoms with Crippen molar-refractivity contribution >= 4 is 17.4 Å². The van der Waals surface area contributed by atoms with Crippen LogP contribution < -0.4 is 11.1 Å². The Labute approximate surface area is 151 Å². The second kappa shape index (κ2) is 7.47. The van der Waals surface area contributed by atoms with Gasteiger partial charge in [0.25, 0.3) is 5.69 Å². The number of nitro groups is 1. The van der Waals surface area contributed by atoms with E-state index in [0.29, 0.717) is 17.2 Å². The van der Waals surface area contributed by atoms with Gasteiger partial charge in [-0.25, -0.2) is 9.97 Å². The van der Waals surface area contributed by atoms with Gasteiger partial charge in [-0.05, 0) is 19.8 Å². The quantitative estimate of drug-likeness (QED) is 0.628. The van der Waals surface area contributed by atoms with E-state index >= 15 is 0 Å². The van der Waals surface area contributed by atoms with Crippen LogP contribution in [0, 0.1) is 23.0 Å². The molecule has 1 aromatic heterocycles. The highest BCUT2D eigenvalue weighted by Gasteiger charge is 2.29. The number of aryl methyl sites for hydroxylation is 1. The number of nitrogens with two attached hydrogens (primary N) is 1. The van der Waals surface area contributed by atoms with Gasteiger partial charge in [-0.15, -0.1) is 0 Å². The van der Waals surface area contributed by atoms with Crippen LogP contribution in [0.3, 0.4) is 0 Å². The van der Waals surface area contributed by atoms with Crippen molar-refractivity contribution in [1.29, 1.82) is 0 Å². The molecule has 136 valence electrons. The molecule has 2 unspecified atom stereocenters. The Morgan fingerprint density at radius 2 is 2.04 bits per heavy atom. The van der Waals surface area contributed by atoms with Gasteiger partial charge >= 0.3 is 0 Å². The van der Waals surface area contributed by atoms with Gasteiger partial charge in [0.1, 0.15) is 5.82 Å². The topological polar surface area (TPSA) is 124 Å². The van der Waals surface area contributed by atoms with Gasteiger partial charge in [-0.3, -0.25) is 14.9 Å². The Balaban J connectivity index is 1.89. The molecule has 0 saturated heterocycles. The van der Waals surface area contributed by atoms with Crippen LogP contribution in [0.25, 0.3) is 11.4 Å². The van der Waals surface area contributed by atoms with Crippen molar-refractivity contribution in [3.8, 4) is 11.4 Å². The van der Waals surface area contributed by atoms with E-state index in [1.165, 1.54) is 12.1 Å². The van der Waals surface area contributed by atoms with Crippen molar-refractivity contribution in [2.45, 2.75) is 38.6 Å². The van der Waals surface area contributed by atoms with E-state index in [1.807, 2.05) is 6.92 Å². The number of rotatable bonds is 5. The lowest BCUT2D eigenvalue weighted by molar-refractivity contribution is -0.384. The summed E-state index contributed by atoms with van der Waals surface area (Å²) in [6.07, 6.45) is 3.65. The van der Waals surface area contributed by atoms with Gasteiger partial charge in [-0.1, -0.05) is 25.0 Å². The molecule has 8 heteroatoms. The molecular formula is C18H21N5O3. The molecule has 0 bridgehead atoms. The van der Waals surface area contributed by atoms with Crippen LogP contribution in [0.1, 0.15) is 31.4 Å². The van der Waals surface area contributed by atoms with E-state index in [0.717, 1.165) is 31.4 Å². The van der Waals surface area contributed by atoms with Crippen LogP contribution in [0.4, 0.5) is 11.5 Å². The third-order valence-electron chi connectivity index (χ3n) is 4.63. The summed E-state index contributed by atoms with van der Waals surface area (Å²) < 4.78 is 0. The highest BCUT2D eigenvalue weighted by atomic mass is 16.6. The lowest BCUT2D eigenvalue weighted by Gasteiger charge is -2.30. The van der Waals surface area contributed by atoms with E-state index in [2.05, 4.69) is 15.3 Å². The standard InChI is InChI=1S/C18H21N5O3/c1-11-9-16(21-15-8-3-2-7-14(15)17(19)24)22-18(20-11)12-5-4-6-13(10-12)23(25)26/h4-6,9-10,14-15H,2-3,7-8H2,1H3,(H2,19,24)(H,20,21,22). The van der Waals surface area contributed by atoms with Crippen LogP contribution in [-0.4, -0.2) is 26.8 Å². The van der Waals surface area contributed by atoms with Crippen molar-refractivity contribution in [2.24, 2.45) is 11.7 Å². The number of non-ortho nitro benzene ring substituents is 1. The second-order valence-corrected chi connectivity index (χ2v) is 6.57. The number of carbonyl (C=O) groups excluding carboxylic acids is 1. The summed E-state index contributed by atoms with van der Waals surface area (Å²) in [4.78, 5) is 31.1. The summed E-state index contributed by atoms with van der Waals surface area (Å²) in [6, 6.07) is 7.96. The molecule has 8 nitrogen and oxygen atoms in total. The number of aromatic nitrogens is 2. The van der Waals surface area contributed by atoms with E-state index < -0.39 is 4.92 Å². The second-order valence-electron chi connectivity index (χ2n) is 6.57. The Kier molecular flexibility index (Phi) is 5.11. The number of primary amides is 1. The van der Waals surface area contributed by atoms with Gasteiger partial charge in [0, 0.05) is 35.5 Å². The van der Waals surface area contributed by atoms with E-state index in [-0.39, 0.29) is 23.6 Å². The zero-order valence-corrected chi connectivity index (χ0v) is 14.5. The van der Waals surface area contributed by atoms with Crippen LogP contribution in [0.2, 0.25) is 0 Å². The lowest BCUT2D eigenvalue weighted by Crippen LogP contribution is -2.40. The molecule has 1 fully saturated rings. The molecule has 1 aromatic carbocycles. The molecule has 2 atom stereocenters. The maximum atomic E-state index is 11.7. The molecule has 0 radical (unpaired) electrons. The Hall–Kier alpha value is -3.03. The molecule has 1 amide bonds. The Morgan fingerprint density at radius 3 is 2.77 bits per heavy atom. The molecule has 1 heterocycles. The molecule has 2 aromatic rings. The maximum absolute atomic E-state index is 11.7. The van der Waals surface area contributed by atoms with Gasteiger partial charge in [-0.2, -0.15) is 0 Å². The zero-order chi connectivity index (χ0) is 18.7. The summed E-state index contributed by atoms with van der Waals surface area (Å²) in [6.45, 7) is 1.83. The van der Waals surface area contributed by atoms with Crippen LogP contribution in [-0.2, 0) is 4.79 Å². The number of carbonyl (C=O) groups is 1. The number of nitro benzene ring substituents is 1. The van der Waals surface area contributed by atoms with Gasteiger partial charge in [0.2, 0.25) is 5.91 Å². The zero-order valence-electron chi connectivity index (χ0n) is 14.5. The fraction of sp³-hybridized carbons (Fsp3) is 0.389. The summed E-state index contributed by atoms with van der Waals surface area (Å²) in [5.74, 6) is 0.479. The number of amides is 1. The highest BCUT2D eigenvalue weighted by Crippen LogP contribution is 2.28. The van der Waals surface area contributed by atoms with Crippen molar-refractivity contribution in [1.82, 2.24) is 9.97 Å². The monoisotopic (exact) mass is 355 g/mol. The largest absolute Gasteiger partial charge is 0.369 e. The maximum Gasteiger partial charge on any atom is 0.270 e. The van der Waals surface area contributed by atoms with E-state index in [9.17, 15) is 14.9 Å². The van der Waals surface area contributed by atoms with Crippen molar-refractivity contribution in [2.75, 3.05) is 5.32 Å². The van der Waals surface area contributed by atoms with Crippen LogP contribution in [0.5, 0.6) is 0 Å². The molecule has 1 aliphatic carbocycles. The summed E-state index contributed by atoms with van der Waals surface area (Å²) in [5, 5.41) is 14.3. The minimum absolute atomic E-state index is 0.0109. The lowest BCUT2D eigenvalue weighted by atomic mass is 9.84. The third kappa shape index (κ3) is 3.96. The van der Waals surface area contributed by atoms with Crippen LogP contribution in [0.15, 0.2) is 30.3 Å². The SMILES string of the molecule is Cc1cc(NC2CCCCC2C(N)=O)nc(-c2cccc([N+](=O)[O-])c2)n1. The number of benzene rings is 1. The average molecular weight is 355 g/mol. The van der Waals surface area contributed by atoms with E-state index in [1.54, 1.807) is 18.2 Å². The third-order valence-corrected chi connectivity index (χ3v) is 4.63. The minimum Gasteiger partial charge on any atom is -0.369 e. The first-order valence-corrected chi connectivity index (χ1v) is 8.60. The molecule has 26 heavy (non-hydrogen) atoms. The van der Waals surface area contributed by atoms with Gasteiger partial charge in [0.15, 0.2) is 5.82 Å².